The second-order valence-corrected chi connectivity index (χ2v) is 6.44. The number of hydrogen-bond donors (Lipinski definition) is 1. The molecule has 0 atom stereocenters. The van der Waals surface area contributed by atoms with Crippen molar-refractivity contribution in [2.24, 2.45) is 0 Å². The Morgan fingerprint density at radius 1 is 0.885 bits per heavy atom. The zero-order chi connectivity index (χ0) is 18.5. The Balaban J connectivity index is 1.56. The molecule has 1 N–H and O–H groups in total. The number of benzene rings is 3. The molecular formula is C22H23NO3. The van der Waals surface area contributed by atoms with E-state index in [4.69, 9.17) is 9.47 Å². The van der Waals surface area contributed by atoms with Gasteiger partial charge in [0, 0.05) is 6.54 Å². The van der Waals surface area contributed by atoms with Gasteiger partial charge < -0.3 is 14.8 Å². The third-order valence-corrected chi connectivity index (χ3v) is 4.17. The fourth-order valence-corrected chi connectivity index (χ4v) is 2.93. The Hall–Kier alpha value is -3.01. The Kier molecular flexibility index (Phi) is 5.42. The maximum absolute atomic E-state index is 12.1. The molecule has 0 saturated heterocycles. The summed E-state index contributed by atoms with van der Waals surface area (Å²) >= 11 is 0. The van der Waals surface area contributed by atoms with Crippen molar-refractivity contribution in [2.45, 2.75) is 20.4 Å². The summed E-state index contributed by atoms with van der Waals surface area (Å²) in [5, 5.41) is 5.12. The van der Waals surface area contributed by atoms with E-state index in [1.807, 2.05) is 56.3 Å². The van der Waals surface area contributed by atoms with Gasteiger partial charge in [-0.25, -0.2) is 0 Å². The van der Waals surface area contributed by atoms with Gasteiger partial charge >= 0.3 is 0 Å². The summed E-state index contributed by atoms with van der Waals surface area (Å²) in [6.07, 6.45) is 0. The van der Waals surface area contributed by atoms with Crippen LogP contribution >= 0.6 is 0 Å². The number of rotatable bonds is 6. The van der Waals surface area contributed by atoms with E-state index in [1.165, 1.54) is 0 Å². The van der Waals surface area contributed by atoms with Crippen molar-refractivity contribution in [3.63, 3.8) is 0 Å². The molecule has 0 fully saturated rings. The molecule has 3 aromatic carbocycles. The Bertz CT molecular complexity index is 914. The third-order valence-electron chi connectivity index (χ3n) is 4.17. The molecule has 0 saturated carbocycles. The van der Waals surface area contributed by atoms with Crippen molar-refractivity contribution < 1.29 is 14.3 Å². The molecule has 0 unspecified atom stereocenters. The molecule has 3 aromatic rings. The molecule has 0 heterocycles. The second-order valence-electron chi connectivity index (χ2n) is 6.44. The monoisotopic (exact) mass is 349 g/mol. The van der Waals surface area contributed by atoms with Crippen LogP contribution in [0.15, 0.2) is 54.6 Å². The van der Waals surface area contributed by atoms with Crippen molar-refractivity contribution >= 4 is 16.7 Å². The Morgan fingerprint density at radius 2 is 1.58 bits per heavy atom. The maximum atomic E-state index is 12.1. The molecule has 0 aliphatic carbocycles. The molecule has 4 nitrogen and oxygen atoms in total. The van der Waals surface area contributed by atoms with Crippen LogP contribution in [0, 0.1) is 13.8 Å². The lowest BCUT2D eigenvalue weighted by atomic mass is 10.1. The summed E-state index contributed by atoms with van der Waals surface area (Å²) in [5.74, 6) is 1.42. The number of fused-ring (bicyclic) bond motifs is 1. The fraction of sp³-hybridized carbons (Fsp3) is 0.227. The zero-order valence-electron chi connectivity index (χ0n) is 15.3. The van der Waals surface area contributed by atoms with Gasteiger partial charge in [-0.2, -0.15) is 0 Å². The topological polar surface area (TPSA) is 47.6 Å². The number of ether oxygens (including phenoxy) is 2. The van der Waals surface area contributed by atoms with Crippen LogP contribution in [0.1, 0.15) is 16.7 Å². The molecule has 0 bridgehead atoms. The van der Waals surface area contributed by atoms with E-state index in [-0.39, 0.29) is 12.5 Å². The van der Waals surface area contributed by atoms with Crippen LogP contribution in [0.25, 0.3) is 10.8 Å². The minimum absolute atomic E-state index is 0.00761. The van der Waals surface area contributed by atoms with Gasteiger partial charge in [-0.05, 0) is 71.6 Å². The highest BCUT2D eigenvalue weighted by atomic mass is 16.5. The molecular weight excluding hydrogens is 326 g/mol. The van der Waals surface area contributed by atoms with E-state index >= 15 is 0 Å². The van der Waals surface area contributed by atoms with Gasteiger partial charge in [0.25, 0.3) is 5.91 Å². The molecule has 26 heavy (non-hydrogen) atoms. The summed E-state index contributed by atoms with van der Waals surface area (Å²) in [6, 6.07) is 18.0. The highest BCUT2D eigenvalue weighted by Crippen LogP contribution is 2.22. The van der Waals surface area contributed by atoms with Crippen molar-refractivity contribution in [3.8, 4) is 11.5 Å². The predicted molar refractivity (Wildman–Crippen MR) is 104 cm³/mol. The summed E-state index contributed by atoms with van der Waals surface area (Å²) in [6.45, 7) is 4.50. The zero-order valence-corrected chi connectivity index (χ0v) is 15.3. The molecule has 0 radical (unpaired) electrons. The summed E-state index contributed by atoms with van der Waals surface area (Å²) < 4.78 is 10.8. The minimum atomic E-state index is -0.140. The SMILES string of the molecule is COc1ccc2cc(CNC(=O)COc3cc(C)cc(C)c3)ccc2c1. The number of carbonyl (C=O) groups excluding carboxylic acids is 1. The summed E-state index contributed by atoms with van der Waals surface area (Å²) in [5.41, 5.74) is 3.28. The van der Waals surface area contributed by atoms with Crippen LogP contribution < -0.4 is 14.8 Å². The minimum Gasteiger partial charge on any atom is -0.497 e. The maximum Gasteiger partial charge on any atom is 0.258 e. The van der Waals surface area contributed by atoms with Gasteiger partial charge in [0.1, 0.15) is 11.5 Å². The van der Waals surface area contributed by atoms with Gasteiger partial charge in [0.15, 0.2) is 6.61 Å². The summed E-state index contributed by atoms with van der Waals surface area (Å²) in [7, 11) is 1.66. The van der Waals surface area contributed by atoms with E-state index in [0.717, 1.165) is 39.0 Å². The standard InChI is InChI=1S/C22H23NO3/c1-15-8-16(2)10-21(9-15)26-14-22(24)23-13-17-4-5-19-12-20(25-3)7-6-18(19)11-17/h4-12H,13-14H2,1-3H3,(H,23,24). The Labute approximate surface area is 153 Å². The lowest BCUT2D eigenvalue weighted by molar-refractivity contribution is -0.123. The first-order valence-electron chi connectivity index (χ1n) is 8.58. The molecule has 0 aliphatic rings. The van der Waals surface area contributed by atoms with Crippen LogP contribution in [-0.4, -0.2) is 19.6 Å². The highest BCUT2D eigenvalue weighted by Gasteiger charge is 2.05. The van der Waals surface area contributed by atoms with E-state index in [1.54, 1.807) is 7.11 Å². The number of methoxy groups -OCH3 is 1. The van der Waals surface area contributed by atoms with E-state index in [2.05, 4.69) is 17.4 Å². The van der Waals surface area contributed by atoms with Gasteiger partial charge in [-0.1, -0.05) is 24.3 Å². The normalized spacial score (nSPS) is 10.6. The number of aryl methyl sites for hydroxylation is 2. The molecule has 0 spiro atoms. The van der Waals surface area contributed by atoms with Crippen LogP contribution in [0.2, 0.25) is 0 Å². The van der Waals surface area contributed by atoms with Crippen LogP contribution in [0.5, 0.6) is 11.5 Å². The molecule has 4 heteroatoms. The molecule has 0 aliphatic heterocycles. The fourth-order valence-electron chi connectivity index (χ4n) is 2.93. The van der Waals surface area contributed by atoms with Crippen molar-refractivity contribution in [1.82, 2.24) is 5.32 Å². The summed E-state index contributed by atoms with van der Waals surface area (Å²) in [4.78, 5) is 12.1. The first-order valence-corrected chi connectivity index (χ1v) is 8.58. The lowest BCUT2D eigenvalue weighted by Gasteiger charge is -2.10. The number of hydrogen-bond acceptors (Lipinski definition) is 3. The number of nitrogens with one attached hydrogen (secondary N) is 1. The number of carbonyl (C=O) groups is 1. The largest absolute Gasteiger partial charge is 0.497 e. The van der Waals surface area contributed by atoms with Gasteiger partial charge in [-0.3, -0.25) is 4.79 Å². The van der Waals surface area contributed by atoms with E-state index in [0.29, 0.717) is 6.54 Å². The van der Waals surface area contributed by atoms with Crippen LogP contribution in [0.4, 0.5) is 0 Å². The average molecular weight is 349 g/mol. The number of amides is 1. The Morgan fingerprint density at radius 3 is 2.31 bits per heavy atom. The highest BCUT2D eigenvalue weighted by molar-refractivity contribution is 5.84. The van der Waals surface area contributed by atoms with Crippen molar-refractivity contribution in [3.05, 3.63) is 71.3 Å². The third kappa shape index (κ3) is 4.54. The lowest BCUT2D eigenvalue weighted by Crippen LogP contribution is -2.28. The van der Waals surface area contributed by atoms with E-state index in [9.17, 15) is 4.79 Å². The van der Waals surface area contributed by atoms with Gasteiger partial charge in [-0.15, -0.1) is 0 Å². The quantitative estimate of drug-likeness (QED) is 0.727. The first-order chi connectivity index (χ1) is 12.5. The molecule has 3 rings (SSSR count). The smallest absolute Gasteiger partial charge is 0.258 e. The average Bonchev–Trinajstić information content (AvgIpc) is 2.63. The molecule has 1 amide bonds. The molecule has 0 aromatic heterocycles. The van der Waals surface area contributed by atoms with E-state index < -0.39 is 0 Å². The second kappa shape index (κ2) is 7.91. The predicted octanol–water partition coefficient (Wildman–Crippen LogP) is 4.16. The van der Waals surface area contributed by atoms with Crippen LogP contribution in [0.3, 0.4) is 0 Å². The first kappa shape index (κ1) is 17.8. The van der Waals surface area contributed by atoms with Gasteiger partial charge in [0.05, 0.1) is 7.11 Å². The molecule has 134 valence electrons. The van der Waals surface area contributed by atoms with Crippen molar-refractivity contribution in [2.75, 3.05) is 13.7 Å². The van der Waals surface area contributed by atoms with Crippen molar-refractivity contribution in [1.29, 1.82) is 0 Å². The van der Waals surface area contributed by atoms with Gasteiger partial charge in [0.2, 0.25) is 0 Å². The van der Waals surface area contributed by atoms with Crippen LogP contribution in [-0.2, 0) is 11.3 Å².